The first-order valence-corrected chi connectivity index (χ1v) is 7.20. The second-order valence-corrected chi connectivity index (χ2v) is 5.62. The van der Waals surface area contributed by atoms with E-state index in [0.29, 0.717) is 41.2 Å². The predicted molar refractivity (Wildman–Crippen MR) is 80.6 cm³/mol. The number of nitrogens with one attached hydrogen (secondary N) is 1. The average Bonchev–Trinajstić information content (AvgIpc) is 2.80. The number of aryl methyl sites for hydroxylation is 1. The maximum absolute atomic E-state index is 12.3. The maximum Gasteiger partial charge on any atom is 0.322 e. The summed E-state index contributed by atoms with van der Waals surface area (Å²) >= 11 is 11.9. The van der Waals surface area contributed by atoms with E-state index >= 15 is 0 Å². The van der Waals surface area contributed by atoms with Crippen LogP contribution in [0.15, 0.2) is 18.2 Å². The summed E-state index contributed by atoms with van der Waals surface area (Å²) in [5.41, 5.74) is 0.536. The number of anilines is 1. The number of aromatic nitrogens is 3. The molecule has 0 saturated carbocycles. The van der Waals surface area contributed by atoms with Gasteiger partial charge in [0.15, 0.2) is 0 Å². The minimum atomic E-state index is -0.217. The van der Waals surface area contributed by atoms with Gasteiger partial charge in [-0.3, -0.25) is 0 Å². The second-order valence-electron chi connectivity index (χ2n) is 4.77. The molecule has 2 amide bonds. The SMILES string of the molecule is Cc1nc2n(n1)CCN(C(=O)Nc1ccc(Cl)cc1Cl)C2. The summed E-state index contributed by atoms with van der Waals surface area (Å²) in [6.45, 7) is 3.48. The van der Waals surface area contributed by atoms with Crippen molar-refractivity contribution in [3.63, 3.8) is 0 Å². The molecular weight excluding hydrogens is 313 g/mol. The van der Waals surface area contributed by atoms with E-state index in [-0.39, 0.29) is 6.03 Å². The van der Waals surface area contributed by atoms with Crippen molar-refractivity contribution in [2.45, 2.75) is 20.0 Å². The normalized spacial score (nSPS) is 14.0. The molecule has 110 valence electrons. The Morgan fingerprint density at radius 1 is 1.33 bits per heavy atom. The van der Waals surface area contributed by atoms with E-state index in [0.717, 1.165) is 5.82 Å². The van der Waals surface area contributed by atoms with Crippen LogP contribution in [0.1, 0.15) is 11.6 Å². The highest BCUT2D eigenvalue weighted by Crippen LogP contribution is 2.26. The topological polar surface area (TPSA) is 63.1 Å². The summed E-state index contributed by atoms with van der Waals surface area (Å²) < 4.78 is 1.83. The first kappa shape index (κ1) is 14.2. The van der Waals surface area contributed by atoms with Crippen molar-refractivity contribution in [2.75, 3.05) is 11.9 Å². The summed E-state index contributed by atoms with van der Waals surface area (Å²) in [5, 5.41) is 7.98. The third-order valence-corrected chi connectivity index (χ3v) is 3.78. The highest BCUT2D eigenvalue weighted by atomic mass is 35.5. The van der Waals surface area contributed by atoms with Gasteiger partial charge in [0.25, 0.3) is 0 Å². The Hall–Kier alpha value is -1.79. The smallest absolute Gasteiger partial charge is 0.315 e. The van der Waals surface area contributed by atoms with Crippen LogP contribution in [0.3, 0.4) is 0 Å². The zero-order valence-corrected chi connectivity index (χ0v) is 12.8. The lowest BCUT2D eigenvalue weighted by atomic mass is 10.3. The molecule has 1 N–H and O–H groups in total. The molecule has 6 nitrogen and oxygen atoms in total. The summed E-state index contributed by atoms with van der Waals surface area (Å²) in [6, 6.07) is 4.74. The first-order valence-electron chi connectivity index (χ1n) is 6.44. The Labute approximate surface area is 131 Å². The fraction of sp³-hybridized carbons (Fsp3) is 0.308. The van der Waals surface area contributed by atoms with E-state index in [1.165, 1.54) is 0 Å². The molecule has 2 heterocycles. The van der Waals surface area contributed by atoms with E-state index in [1.807, 2.05) is 11.6 Å². The molecular formula is C13H13Cl2N5O. The van der Waals surface area contributed by atoms with Crippen molar-refractivity contribution in [1.29, 1.82) is 0 Å². The van der Waals surface area contributed by atoms with Crippen LogP contribution in [0.5, 0.6) is 0 Å². The van der Waals surface area contributed by atoms with Crippen molar-refractivity contribution in [3.05, 3.63) is 39.9 Å². The first-order chi connectivity index (χ1) is 10.0. The van der Waals surface area contributed by atoms with Gasteiger partial charge >= 0.3 is 6.03 Å². The summed E-state index contributed by atoms with van der Waals surface area (Å²) in [4.78, 5) is 18.3. The fourth-order valence-electron chi connectivity index (χ4n) is 2.22. The van der Waals surface area contributed by atoms with Gasteiger partial charge in [-0.2, -0.15) is 5.10 Å². The van der Waals surface area contributed by atoms with Gasteiger partial charge in [-0.05, 0) is 25.1 Å². The van der Waals surface area contributed by atoms with E-state index < -0.39 is 0 Å². The van der Waals surface area contributed by atoms with Gasteiger partial charge in [0.1, 0.15) is 11.6 Å². The van der Waals surface area contributed by atoms with Crippen LogP contribution in [0.2, 0.25) is 10.0 Å². The molecule has 0 radical (unpaired) electrons. The summed E-state index contributed by atoms with van der Waals surface area (Å²) in [6.07, 6.45) is 0. The van der Waals surface area contributed by atoms with Crippen molar-refractivity contribution in [3.8, 4) is 0 Å². The van der Waals surface area contributed by atoms with Gasteiger partial charge in [0, 0.05) is 11.6 Å². The Balaban J connectivity index is 1.72. The van der Waals surface area contributed by atoms with Gasteiger partial charge < -0.3 is 10.2 Å². The van der Waals surface area contributed by atoms with Crippen LogP contribution in [0.25, 0.3) is 0 Å². The number of hydrogen-bond acceptors (Lipinski definition) is 3. The van der Waals surface area contributed by atoms with Crippen LogP contribution in [-0.4, -0.2) is 32.2 Å². The Morgan fingerprint density at radius 2 is 2.14 bits per heavy atom. The number of hydrogen-bond donors (Lipinski definition) is 1. The van der Waals surface area contributed by atoms with Crippen molar-refractivity contribution >= 4 is 34.9 Å². The molecule has 1 aliphatic rings. The highest BCUT2D eigenvalue weighted by molar-refractivity contribution is 6.36. The summed E-state index contributed by atoms with van der Waals surface area (Å²) in [5.74, 6) is 1.50. The van der Waals surface area contributed by atoms with Crippen molar-refractivity contribution in [2.24, 2.45) is 0 Å². The van der Waals surface area contributed by atoms with Gasteiger partial charge in [-0.1, -0.05) is 23.2 Å². The van der Waals surface area contributed by atoms with Crippen molar-refractivity contribution < 1.29 is 4.79 Å². The molecule has 1 aromatic carbocycles. The van der Waals surface area contributed by atoms with Crippen LogP contribution in [0.4, 0.5) is 10.5 Å². The molecule has 0 fully saturated rings. The molecule has 21 heavy (non-hydrogen) atoms. The molecule has 3 rings (SSSR count). The third-order valence-electron chi connectivity index (χ3n) is 3.23. The van der Waals surface area contributed by atoms with Gasteiger partial charge in [0.05, 0.1) is 23.8 Å². The van der Waals surface area contributed by atoms with E-state index in [4.69, 9.17) is 23.2 Å². The lowest BCUT2D eigenvalue weighted by Gasteiger charge is -2.27. The number of urea groups is 1. The van der Waals surface area contributed by atoms with Crippen molar-refractivity contribution in [1.82, 2.24) is 19.7 Å². The predicted octanol–water partition coefficient (Wildman–Crippen LogP) is 2.94. The standard InChI is InChI=1S/C13H13Cl2N5O/c1-8-16-12-7-19(4-5-20(12)18-8)13(21)17-11-3-2-9(14)6-10(11)15/h2-3,6H,4-5,7H2,1H3,(H,17,21). The minimum Gasteiger partial charge on any atom is -0.315 e. The highest BCUT2D eigenvalue weighted by Gasteiger charge is 2.23. The van der Waals surface area contributed by atoms with Gasteiger partial charge in [-0.25, -0.2) is 14.5 Å². The molecule has 0 spiro atoms. The lowest BCUT2D eigenvalue weighted by Crippen LogP contribution is -2.41. The van der Waals surface area contributed by atoms with Crippen LogP contribution in [-0.2, 0) is 13.1 Å². The molecule has 8 heteroatoms. The zero-order chi connectivity index (χ0) is 15.0. The Bertz CT molecular complexity index is 700. The van der Waals surface area contributed by atoms with E-state index in [1.54, 1.807) is 23.1 Å². The number of carbonyl (C=O) groups is 1. The van der Waals surface area contributed by atoms with Crippen LogP contribution in [0, 0.1) is 6.92 Å². The van der Waals surface area contributed by atoms with E-state index in [2.05, 4.69) is 15.4 Å². The molecule has 0 aliphatic carbocycles. The minimum absolute atomic E-state index is 0.217. The number of nitrogens with zero attached hydrogens (tertiary/aromatic N) is 4. The third kappa shape index (κ3) is 2.96. The number of benzene rings is 1. The molecule has 2 aromatic rings. The summed E-state index contributed by atoms with van der Waals surface area (Å²) in [7, 11) is 0. The number of rotatable bonds is 1. The molecule has 1 aliphatic heterocycles. The quantitative estimate of drug-likeness (QED) is 0.876. The lowest BCUT2D eigenvalue weighted by molar-refractivity contribution is 0.193. The fourth-order valence-corrected chi connectivity index (χ4v) is 2.67. The second kappa shape index (κ2) is 5.54. The van der Waals surface area contributed by atoms with Crippen LogP contribution >= 0.6 is 23.2 Å². The number of halogens is 2. The molecule has 0 unspecified atom stereocenters. The molecule has 0 saturated heterocycles. The average molecular weight is 326 g/mol. The van der Waals surface area contributed by atoms with Gasteiger partial charge in [0.2, 0.25) is 0 Å². The van der Waals surface area contributed by atoms with Crippen LogP contribution < -0.4 is 5.32 Å². The largest absolute Gasteiger partial charge is 0.322 e. The number of amides is 2. The molecule has 0 bridgehead atoms. The van der Waals surface area contributed by atoms with E-state index in [9.17, 15) is 4.79 Å². The number of carbonyl (C=O) groups excluding carboxylic acids is 1. The Kier molecular flexibility index (Phi) is 3.73. The molecule has 1 aromatic heterocycles. The molecule has 0 atom stereocenters. The number of fused-ring (bicyclic) bond motifs is 1. The zero-order valence-electron chi connectivity index (χ0n) is 11.3. The monoisotopic (exact) mass is 325 g/mol. The Morgan fingerprint density at radius 3 is 2.90 bits per heavy atom. The van der Waals surface area contributed by atoms with Gasteiger partial charge in [-0.15, -0.1) is 0 Å². The maximum atomic E-state index is 12.3.